The molecule has 0 saturated heterocycles. The molecule has 0 N–H and O–H groups in total. The van der Waals surface area contributed by atoms with E-state index < -0.39 is 0 Å². The second-order valence-electron chi connectivity index (χ2n) is 17.2. The highest BCUT2D eigenvalue weighted by Crippen LogP contribution is 2.38. The summed E-state index contributed by atoms with van der Waals surface area (Å²) in [5, 5.41) is 0. The number of benzene rings is 6. The lowest BCUT2D eigenvalue weighted by atomic mass is 9.97. The zero-order valence-electron chi connectivity index (χ0n) is 36.3. The number of rotatable bonds is 0. The van der Waals surface area contributed by atoms with Gasteiger partial charge in [0, 0.05) is 79.7 Å². The summed E-state index contributed by atoms with van der Waals surface area (Å²) in [7, 11) is 0. The van der Waals surface area contributed by atoms with Crippen LogP contribution >= 0.6 is 31.9 Å². The highest BCUT2D eigenvalue weighted by Gasteiger charge is 2.15. The Morgan fingerprint density at radius 2 is 0.424 bits per heavy atom. The maximum atomic E-state index is 3.99. The normalized spacial score (nSPS) is 12.2. The van der Waals surface area contributed by atoms with E-state index in [9.17, 15) is 0 Å². The van der Waals surface area contributed by atoms with Crippen molar-refractivity contribution in [1.29, 1.82) is 0 Å². The molecule has 20 bridgehead atoms. The first-order chi connectivity index (χ1) is 32.5. The first-order valence-electron chi connectivity index (χ1n) is 22.4. The predicted molar refractivity (Wildman–Crippen MR) is 271 cm³/mol. The van der Waals surface area contributed by atoms with Gasteiger partial charge in [0.1, 0.15) is 0 Å². The monoisotopic (exact) mass is 980 g/mol. The lowest BCUT2D eigenvalue weighted by molar-refractivity contribution is -0.688. The third-order valence-electron chi connectivity index (χ3n) is 12.7. The van der Waals surface area contributed by atoms with Crippen LogP contribution in [0, 0.1) is 0 Å². The van der Waals surface area contributed by atoms with Crippen LogP contribution in [0.2, 0.25) is 0 Å². The molecule has 13 aliphatic rings. The molecule has 0 spiro atoms. The second-order valence-corrected chi connectivity index (χ2v) is 18.7. The van der Waals surface area contributed by atoms with Gasteiger partial charge in [-0.2, -0.15) is 0 Å². The van der Waals surface area contributed by atoms with Crippen LogP contribution in [0.1, 0.15) is 22.3 Å². The summed E-state index contributed by atoms with van der Waals surface area (Å²) in [5.74, 6) is 0. The van der Waals surface area contributed by atoms with Crippen molar-refractivity contribution < 1.29 is 18.3 Å². The van der Waals surface area contributed by atoms with Crippen molar-refractivity contribution in [2.45, 2.75) is 26.2 Å². The topological polar surface area (TPSA) is 15.5 Å². The molecule has 6 aromatic carbocycles. The van der Waals surface area contributed by atoms with E-state index in [-0.39, 0.29) is 0 Å². The fraction of sp³-hybridized carbons (Fsp3) is 0.0667. The highest BCUT2D eigenvalue weighted by molar-refractivity contribution is 9.11. The number of hydrogen-bond donors (Lipinski definition) is 0. The molecule has 0 amide bonds. The molecule has 0 fully saturated rings. The van der Waals surface area contributed by atoms with E-state index in [1.165, 1.54) is 89.0 Å². The van der Waals surface area contributed by atoms with Crippen LogP contribution in [0.25, 0.3) is 66.8 Å². The third-order valence-corrected chi connectivity index (χ3v) is 14.5. The van der Waals surface area contributed by atoms with Crippen molar-refractivity contribution in [3.05, 3.63) is 263 Å². The van der Waals surface area contributed by atoms with Crippen LogP contribution in [-0.2, 0) is 26.2 Å². The van der Waals surface area contributed by atoms with E-state index >= 15 is 0 Å². The van der Waals surface area contributed by atoms with Crippen molar-refractivity contribution in [1.82, 2.24) is 0 Å². The Labute approximate surface area is 403 Å². The molecule has 316 valence electrons. The standard InChI is InChI=1S/C60H46Br2N4/c61-59-55-3-1-4-56(59)52-17-9-44(10-18-52)40-64-33-25-48(26-34-64)50-29-37-66(38-30-50)42-46-13-21-54(22-14-46)58-6-2-5-57(60(58)62)53-19-11-45(12-20-53)41-65-35-27-49(28-36-65)47-23-31-63(32-24-47)39-43-7-15-51(55)16-8-43/h1-38H,39-42H2/q+4. The largest absolute Gasteiger partial charge is 0.201 e. The number of aromatic nitrogens is 4. The Balaban J connectivity index is 0.875. The summed E-state index contributed by atoms with van der Waals surface area (Å²) in [4.78, 5) is 0. The average Bonchev–Trinajstić information content (AvgIpc) is 3.36. The lowest BCUT2D eigenvalue weighted by Gasteiger charge is -2.12. The molecule has 23 rings (SSSR count). The molecule has 13 aliphatic heterocycles. The molecule has 0 unspecified atom stereocenters. The van der Waals surface area contributed by atoms with Gasteiger partial charge in [-0.3, -0.25) is 0 Å². The Hall–Kier alpha value is -7.12. The van der Waals surface area contributed by atoms with E-state index in [0.29, 0.717) is 0 Å². The van der Waals surface area contributed by atoms with Crippen molar-refractivity contribution in [3.8, 4) is 66.8 Å². The van der Waals surface area contributed by atoms with E-state index in [1.807, 2.05) is 0 Å². The molecule has 6 heteroatoms. The van der Waals surface area contributed by atoms with Crippen LogP contribution in [0.5, 0.6) is 0 Å². The molecule has 66 heavy (non-hydrogen) atoms. The van der Waals surface area contributed by atoms with Crippen LogP contribution in [0.15, 0.2) is 241 Å². The van der Waals surface area contributed by atoms with E-state index in [2.05, 4.69) is 282 Å². The molecule has 0 radical (unpaired) electrons. The molecule has 0 saturated carbocycles. The maximum absolute atomic E-state index is 3.99. The quantitative estimate of drug-likeness (QED) is 0.135. The number of halogens is 2. The minimum Gasteiger partial charge on any atom is -0.201 e. The van der Waals surface area contributed by atoms with Crippen molar-refractivity contribution in [2.24, 2.45) is 0 Å². The van der Waals surface area contributed by atoms with Crippen LogP contribution in [0.4, 0.5) is 0 Å². The molecule has 4 aromatic heterocycles. The van der Waals surface area contributed by atoms with Crippen LogP contribution in [0.3, 0.4) is 0 Å². The summed E-state index contributed by atoms with van der Waals surface area (Å²) >= 11 is 7.98. The summed E-state index contributed by atoms with van der Waals surface area (Å²) < 4.78 is 11.2. The zero-order valence-corrected chi connectivity index (χ0v) is 39.5. The van der Waals surface area contributed by atoms with Gasteiger partial charge in [-0.15, -0.1) is 0 Å². The fourth-order valence-corrected chi connectivity index (χ4v) is 10.4. The average molecular weight is 983 g/mol. The lowest BCUT2D eigenvalue weighted by Crippen LogP contribution is -2.33. The highest BCUT2D eigenvalue weighted by atomic mass is 79.9. The molecule has 0 aliphatic carbocycles. The summed E-state index contributed by atoms with van der Waals surface area (Å²) in [5.41, 5.74) is 19.3. The van der Waals surface area contributed by atoms with Gasteiger partial charge < -0.3 is 0 Å². The Morgan fingerprint density at radius 1 is 0.227 bits per heavy atom. The zero-order chi connectivity index (χ0) is 44.4. The maximum Gasteiger partial charge on any atom is 0.173 e. The van der Waals surface area contributed by atoms with Gasteiger partial charge in [0.2, 0.25) is 0 Å². The van der Waals surface area contributed by atoms with Crippen LogP contribution < -0.4 is 18.3 Å². The Kier molecular flexibility index (Phi) is 11.6. The smallest absolute Gasteiger partial charge is 0.173 e. The van der Waals surface area contributed by atoms with E-state index in [4.69, 9.17) is 0 Å². The van der Waals surface area contributed by atoms with E-state index in [1.54, 1.807) is 0 Å². The SMILES string of the molecule is Brc1c2cccc1-c1ccc(cc1)C[n+]1ccc(cc1)-c1cc[n+](cc1)Cc1ccc(cc1)-c1cccc(c1Br)-c1ccc(cc1)C[n+]1ccc(cc1)-c1cc[n+](cc1)Cc1ccc-2cc1. The summed E-state index contributed by atoms with van der Waals surface area (Å²) in [6.45, 7) is 3.20. The minimum atomic E-state index is 0.799. The Bertz CT molecular complexity index is 2850. The van der Waals surface area contributed by atoms with Gasteiger partial charge in [-0.1, -0.05) is 133 Å². The number of pyridine rings is 4. The first kappa shape index (κ1) is 41.6. The first-order valence-corrected chi connectivity index (χ1v) is 24.0. The molecule has 0 atom stereocenters. The second kappa shape index (κ2) is 18.4. The summed E-state index contributed by atoms with van der Waals surface area (Å²) in [6, 6.07) is 66.5. The van der Waals surface area contributed by atoms with Gasteiger partial charge in [0.25, 0.3) is 0 Å². The van der Waals surface area contributed by atoms with Gasteiger partial charge >= 0.3 is 0 Å². The van der Waals surface area contributed by atoms with Gasteiger partial charge in [0.05, 0.1) is 0 Å². The molecule has 4 nitrogen and oxygen atoms in total. The van der Waals surface area contributed by atoms with Crippen LogP contribution in [-0.4, -0.2) is 0 Å². The fourth-order valence-electron chi connectivity index (χ4n) is 8.98. The Morgan fingerprint density at radius 3 is 0.621 bits per heavy atom. The minimum absolute atomic E-state index is 0.799. The summed E-state index contributed by atoms with van der Waals surface area (Å²) in [6.07, 6.45) is 17.4. The number of hydrogen-bond acceptors (Lipinski definition) is 0. The molecule has 10 aromatic rings. The third kappa shape index (κ3) is 8.95. The predicted octanol–water partition coefficient (Wildman–Crippen LogP) is 12.9. The van der Waals surface area contributed by atoms with E-state index in [0.717, 1.165) is 35.1 Å². The molecular formula is C60H46Br2N4+4. The number of nitrogens with zero attached hydrogens (tertiary/aromatic N) is 4. The van der Waals surface area contributed by atoms with Gasteiger partial charge in [0.15, 0.2) is 75.8 Å². The van der Waals surface area contributed by atoms with Crippen molar-refractivity contribution >= 4 is 31.9 Å². The van der Waals surface area contributed by atoms with Crippen molar-refractivity contribution in [2.75, 3.05) is 0 Å². The van der Waals surface area contributed by atoms with Gasteiger partial charge in [-0.05, 0) is 98.6 Å². The molecule has 17 heterocycles. The molecular weight excluding hydrogens is 936 g/mol. The van der Waals surface area contributed by atoms with Crippen molar-refractivity contribution in [3.63, 3.8) is 0 Å². The van der Waals surface area contributed by atoms with Gasteiger partial charge in [-0.25, -0.2) is 18.3 Å².